The Morgan fingerprint density at radius 3 is 2.21 bits per heavy atom. The average molecular weight is 777 g/mol. The van der Waals surface area contributed by atoms with E-state index in [0.717, 1.165) is 82.6 Å². The molecule has 0 saturated carbocycles. The molecule has 288 valence electrons. The van der Waals surface area contributed by atoms with E-state index in [1.165, 1.54) is 11.3 Å². The number of hydrogen-bond acceptors (Lipinski definition) is 13. The fourth-order valence-corrected chi connectivity index (χ4v) is 8.41. The number of nitrogens with one attached hydrogen (secondary N) is 1. The zero-order chi connectivity index (χ0) is 38.8. The van der Waals surface area contributed by atoms with Gasteiger partial charge < -0.3 is 34.6 Å². The van der Waals surface area contributed by atoms with Gasteiger partial charge >= 0.3 is 11.9 Å². The molecule has 4 heterocycles. The van der Waals surface area contributed by atoms with Crippen molar-refractivity contribution in [3.8, 4) is 39.2 Å². The summed E-state index contributed by atoms with van der Waals surface area (Å²) in [5, 5.41) is 24.1. The van der Waals surface area contributed by atoms with Crippen LogP contribution in [0.15, 0.2) is 84.9 Å². The number of imide groups is 1. The first kappa shape index (κ1) is 37.0. The highest BCUT2D eigenvalue weighted by Gasteiger charge is 2.45. The molecule has 5 aromatic rings. The highest BCUT2D eigenvalue weighted by Crippen LogP contribution is 2.47. The molecule has 4 aromatic carbocycles. The van der Waals surface area contributed by atoms with Gasteiger partial charge in [-0.3, -0.25) is 24.2 Å². The van der Waals surface area contributed by atoms with Crippen molar-refractivity contribution in [2.24, 2.45) is 0 Å². The van der Waals surface area contributed by atoms with Crippen LogP contribution in [-0.4, -0.2) is 107 Å². The zero-order valence-electron chi connectivity index (χ0n) is 30.4. The van der Waals surface area contributed by atoms with Gasteiger partial charge in [-0.05, 0) is 110 Å². The molecule has 2 amide bonds. The molecule has 13 nitrogen and oxygen atoms in total. The highest BCUT2D eigenvalue weighted by atomic mass is 32.1. The van der Waals surface area contributed by atoms with Gasteiger partial charge in [0.15, 0.2) is 5.75 Å². The lowest BCUT2D eigenvalue weighted by Gasteiger charge is -2.34. The Morgan fingerprint density at radius 2 is 1.46 bits per heavy atom. The van der Waals surface area contributed by atoms with E-state index in [9.17, 15) is 29.4 Å². The molecular formula is C42H40N4O9S. The molecule has 2 saturated heterocycles. The second-order valence-corrected chi connectivity index (χ2v) is 15.0. The number of hydrogen-bond donors (Lipinski definition) is 3. The number of carbonyl (C=O) groups is 4. The SMILES string of the molecule is O=C1CCC(N2C(=O)c3ccc(NCCCN4CCN(CCOc5ccc(Oc6c(-c7ccc(O)cc7)sc7cc(O)ccc67)cc5)CC4)cc3C2=O)C(=O)O1. The number of fused-ring (bicyclic) bond motifs is 2. The maximum Gasteiger partial charge on any atom is 0.337 e. The average Bonchev–Trinajstić information content (AvgIpc) is 3.67. The van der Waals surface area contributed by atoms with Gasteiger partial charge in [0.25, 0.3) is 11.8 Å². The monoisotopic (exact) mass is 776 g/mol. The molecule has 0 bridgehead atoms. The summed E-state index contributed by atoms with van der Waals surface area (Å²) in [5.74, 6) is -0.135. The topological polar surface area (TPSA) is 158 Å². The van der Waals surface area contributed by atoms with Gasteiger partial charge in [-0.15, -0.1) is 11.3 Å². The Morgan fingerprint density at radius 1 is 0.768 bits per heavy atom. The zero-order valence-corrected chi connectivity index (χ0v) is 31.3. The molecule has 0 spiro atoms. The lowest BCUT2D eigenvalue weighted by atomic mass is 10.1. The van der Waals surface area contributed by atoms with Crippen molar-refractivity contribution >= 4 is 50.9 Å². The number of aromatic hydroxyl groups is 2. The number of rotatable bonds is 13. The first-order valence-corrected chi connectivity index (χ1v) is 19.4. The molecule has 2 fully saturated rings. The van der Waals surface area contributed by atoms with E-state index in [1.54, 1.807) is 42.5 Å². The van der Waals surface area contributed by atoms with Gasteiger partial charge in [-0.25, -0.2) is 4.79 Å². The van der Waals surface area contributed by atoms with Crippen molar-refractivity contribution in [3.63, 3.8) is 0 Å². The standard InChI is InChI=1S/C42H40N4O9S/c47-28-5-2-26(3-6-28)39-38(33-13-7-29(48)25-36(33)56-39)54-31-10-8-30(9-11-31)53-23-22-45-20-18-44(19-21-45)17-1-16-43-27-4-12-32-34(24-27)41(51)46(40(32)50)35-14-15-37(49)55-42(35)52/h2-13,24-25,35,43,47-48H,1,14-23H2. The van der Waals surface area contributed by atoms with E-state index >= 15 is 0 Å². The largest absolute Gasteiger partial charge is 0.508 e. The van der Waals surface area contributed by atoms with Crippen LogP contribution in [0.1, 0.15) is 40.0 Å². The number of thiophene rings is 1. The lowest BCUT2D eigenvalue weighted by molar-refractivity contribution is -0.167. The van der Waals surface area contributed by atoms with Crippen LogP contribution in [0, 0.1) is 0 Å². The number of anilines is 1. The van der Waals surface area contributed by atoms with E-state index in [0.29, 0.717) is 24.7 Å². The van der Waals surface area contributed by atoms with Crippen LogP contribution in [0.2, 0.25) is 0 Å². The van der Waals surface area contributed by atoms with Crippen LogP contribution in [0.3, 0.4) is 0 Å². The van der Waals surface area contributed by atoms with Gasteiger partial charge in [0.2, 0.25) is 0 Å². The number of amides is 2. The Kier molecular flexibility index (Phi) is 10.6. The van der Waals surface area contributed by atoms with Crippen LogP contribution >= 0.6 is 11.3 Å². The third kappa shape index (κ3) is 7.89. The molecule has 3 aliphatic rings. The summed E-state index contributed by atoms with van der Waals surface area (Å²) >= 11 is 1.52. The molecule has 1 atom stereocenters. The number of esters is 2. The second-order valence-electron chi connectivity index (χ2n) is 14.0. The second kappa shape index (κ2) is 16.0. The summed E-state index contributed by atoms with van der Waals surface area (Å²) < 4.78 is 18.0. The van der Waals surface area contributed by atoms with Crippen molar-refractivity contribution < 1.29 is 43.6 Å². The number of phenols is 2. The molecule has 0 aliphatic carbocycles. The maximum absolute atomic E-state index is 13.1. The van der Waals surface area contributed by atoms with Crippen molar-refractivity contribution in [3.05, 3.63) is 96.1 Å². The molecule has 3 aliphatic heterocycles. The number of phenolic OH excluding ortho intramolecular Hbond substituents is 2. The van der Waals surface area contributed by atoms with Gasteiger partial charge in [0.05, 0.1) is 16.0 Å². The van der Waals surface area contributed by atoms with Crippen LogP contribution < -0.4 is 14.8 Å². The molecule has 3 N–H and O–H groups in total. The fraction of sp³-hybridized carbons (Fsp3) is 0.286. The molecule has 1 aromatic heterocycles. The van der Waals surface area contributed by atoms with Crippen LogP contribution in [0.5, 0.6) is 28.7 Å². The first-order chi connectivity index (χ1) is 27.2. The van der Waals surface area contributed by atoms with Crippen molar-refractivity contribution in [1.82, 2.24) is 14.7 Å². The number of cyclic esters (lactones) is 2. The summed E-state index contributed by atoms with van der Waals surface area (Å²) in [6.07, 6.45) is 0.936. The molecule has 1 unspecified atom stereocenters. The summed E-state index contributed by atoms with van der Waals surface area (Å²) in [6, 6.07) is 23.7. The van der Waals surface area contributed by atoms with E-state index < -0.39 is 29.8 Å². The van der Waals surface area contributed by atoms with Gasteiger partial charge in [-0.1, -0.05) is 0 Å². The molecule has 8 rings (SSSR count). The van der Waals surface area contributed by atoms with Crippen molar-refractivity contribution in [2.45, 2.75) is 25.3 Å². The predicted octanol–water partition coefficient (Wildman–Crippen LogP) is 6.10. The van der Waals surface area contributed by atoms with Crippen molar-refractivity contribution in [1.29, 1.82) is 0 Å². The minimum absolute atomic E-state index is 0.0246. The summed E-state index contributed by atoms with van der Waals surface area (Å²) in [6.45, 7) is 6.78. The summed E-state index contributed by atoms with van der Waals surface area (Å²) in [5.41, 5.74) is 2.11. The normalized spacial score (nSPS) is 17.6. The lowest BCUT2D eigenvalue weighted by Crippen LogP contribution is -2.48. The van der Waals surface area contributed by atoms with E-state index in [4.69, 9.17) is 9.47 Å². The van der Waals surface area contributed by atoms with E-state index in [2.05, 4.69) is 19.9 Å². The number of ether oxygens (including phenoxy) is 3. The Bertz CT molecular complexity index is 2280. The Labute approximate surface area is 326 Å². The van der Waals surface area contributed by atoms with Crippen LogP contribution in [0.4, 0.5) is 5.69 Å². The Balaban J connectivity index is 0.758. The molecular weight excluding hydrogens is 737 g/mol. The van der Waals surface area contributed by atoms with Crippen molar-refractivity contribution in [2.75, 3.05) is 57.7 Å². The third-order valence-corrected chi connectivity index (χ3v) is 11.4. The molecule has 56 heavy (non-hydrogen) atoms. The summed E-state index contributed by atoms with van der Waals surface area (Å²) in [7, 11) is 0. The number of nitrogens with zero attached hydrogens (tertiary/aromatic N) is 3. The Hall–Kier alpha value is -5.96. The van der Waals surface area contributed by atoms with E-state index in [1.807, 2.05) is 42.5 Å². The van der Waals surface area contributed by atoms with Gasteiger partial charge in [0, 0.05) is 61.5 Å². The minimum Gasteiger partial charge on any atom is -0.508 e. The predicted molar refractivity (Wildman–Crippen MR) is 210 cm³/mol. The minimum atomic E-state index is -1.09. The first-order valence-electron chi connectivity index (χ1n) is 18.6. The fourth-order valence-electron chi connectivity index (χ4n) is 7.24. The molecule has 14 heteroatoms. The number of carbonyl (C=O) groups excluding carboxylic acids is 4. The maximum atomic E-state index is 13.1. The van der Waals surface area contributed by atoms with E-state index in [-0.39, 0.29) is 35.5 Å². The third-order valence-electron chi connectivity index (χ3n) is 10.3. The number of benzene rings is 4. The van der Waals surface area contributed by atoms with Gasteiger partial charge in [0.1, 0.15) is 35.6 Å². The van der Waals surface area contributed by atoms with Crippen LogP contribution in [-0.2, 0) is 14.3 Å². The number of piperazine rings is 1. The quantitative estimate of drug-likeness (QED) is 0.0547. The van der Waals surface area contributed by atoms with Crippen LogP contribution in [0.25, 0.3) is 20.5 Å². The van der Waals surface area contributed by atoms with Gasteiger partial charge in [-0.2, -0.15) is 0 Å². The molecule has 0 radical (unpaired) electrons. The summed E-state index contributed by atoms with van der Waals surface area (Å²) in [4.78, 5) is 56.3. The highest BCUT2D eigenvalue weighted by molar-refractivity contribution is 7.22. The smallest absolute Gasteiger partial charge is 0.337 e.